The Morgan fingerprint density at radius 2 is 2.00 bits per heavy atom. The Balaban J connectivity index is 1.49. The highest BCUT2D eigenvalue weighted by Crippen LogP contribution is 2.32. The third-order valence-electron chi connectivity index (χ3n) is 5.55. The molecule has 1 aromatic heterocycles. The summed E-state index contributed by atoms with van der Waals surface area (Å²) in [5.74, 6) is 0.925. The Labute approximate surface area is 174 Å². The summed E-state index contributed by atoms with van der Waals surface area (Å²) in [7, 11) is 1.99. The van der Waals surface area contributed by atoms with Crippen molar-refractivity contribution >= 4 is 35.4 Å². The smallest absolute Gasteiger partial charge is 0.147 e. The van der Waals surface area contributed by atoms with Crippen molar-refractivity contribution < 1.29 is 0 Å². The minimum atomic E-state index is 0.250. The quantitative estimate of drug-likeness (QED) is 0.823. The van der Waals surface area contributed by atoms with Gasteiger partial charge in [0, 0.05) is 36.5 Å². The Morgan fingerprint density at radius 1 is 1.21 bits per heavy atom. The number of benzene rings is 1. The zero-order valence-corrected chi connectivity index (χ0v) is 17.8. The van der Waals surface area contributed by atoms with E-state index in [9.17, 15) is 0 Å². The molecule has 2 N–H and O–H groups in total. The van der Waals surface area contributed by atoms with Gasteiger partial charge >= 0.3 is 0 Å². The predicted molar refractivity (Wildman–Crippen MR) is 114 cm³/mol. The molecule has 0 saturated carbocycles. The highest BCUT2D eigenvalue weighted by molar-refractivity contribution is 7.99. The second-order valence-corrected chi connectivity index (χ2v) is 9.25. The lowest BCUT2D eigenvalue weighted by atomic mass is 9.80. The second-order valence-electron chi connectivity index (χ2n) is 7.81. The lowest BCUT2D eigenvalue weighted by Gasteiger charge is -2.39. The van der Waals surface area contributed by atoms with E-state index in [1.807, 2.05) is 42.7 Å². The number of piperidine rings is 1. The first-order valence-corrected chi connectivity index (χ1v) is 10.7. The first-order chi connectivity index (χ1) is 13.5. The molecule has 0 radical (unpaired) electrons. The number of rotatable bonds is 4. The van der Waals surface area contributed by atoms with E-state index < -0.39 is 0 Å². The van der Waals surface area contributed by atoms with E-state index >= 15 is 0 Å². The summed E-state index contributed by atoms with van der Waals surface area (Å²) < 4.78 is 0. The number of anilines is 1. The number of hydrogen-bond donors (Lipinski definition) is 1. The van der Waals surface area contributed by atoms with E-state index in [0.717, 1.165) is 58.8 Å². The molecule has 0 amide bonds. The van der Waals surface area contributed by atoms with Crippen LogP contribution in [0.4, 0.5) is 5.82 Å². The minimum absolute atomic E-state index is 0.250. The average Bonchev–Trinajstić information content (AvgIpc) is 2.72. The van der Waals surface area contributed by atoms with Gasteiger partial charge in [-0.3, -0.25) is 4.99 Å². The van der Waals surface area contributed by atoms with Crippen LogP contribution in [0.1, 0.15) is 19.8 Å². The Bertz CT molecular complexity index is 969. The Hall–Kier alpha value is -1.83. The maximum Gasteiger partial charge on any atom is 0.147 e. The van der Waals surface area contributed by atoms with Gasteiger partial charge in [-0.1, -0.05) is 30.3 Å². The fourth-order valence-electron chi connectivity index (χ4n) is 3.47. The maximum absolute atomic E-state index is 6.63. The molecule has 0 unspecified atom stereocenters. The van der Waals surface area contributed by atoms with Crippen LogP contribution in [0, 0.1) is 5.41 Å². The van der Waals surface area contributed by atoms with E-state index in [2.05, 4.69) is 26.8 Å². The van der Waals surface area contributed by atoms with Crippen LogP contribution in [-0.4, -0.2) is 48.2 Å². The molecular weight excluding hydrogens is 392 g/mol. The summed E-state index contributed by atoms with van der Waals surface area (Å²) in [6.45, 7) is 5.60. The highest BCUT2D eigenvalue weighted by Gasteiger charge is 2.29. The molecule has 1 fully saturated rings. The zero-order valence-electron chi connectivity index (χ0n) is 16.2. The van der Waals surface area contributed by atoms with Gasteiger partial charge in [0.25, 0.3) is 0 Å². The molecular formula is C20H25ClN6S. The number of fused-ring (bicyclic) bond motifs is 1. The number of nitrogens with zero attached hydrogens (tertiary/aromatic N) is 5. The standard InChI is InChI=1S/C20H25ClN6S/c1-20(12-22)5-7-27(8-6-20)17-9-24-18(10-23-17)28-16-4-3-15-14(19(16)21)11-26(2)13-25-15/h3-4,9-11H,5-8,12-13,22H2,1-2H3. The van der Waals surface area contributed by atoms with Crippen molar-refractivity contribution in [3.05, 3.63) is 40.1 Å². The third-order valence-corrected chi connectivity index (χ3v) is 7.05. The van der Waals surface area contributed by atoms with Crippen LogP contribution < -0.4 is 21.2 Å². The van der Waals surface area contributed by atoms with Crippen LogP contribution in [0.15, 0.2) is 39.4 Å². The predicted octanol–water partition coefficient (Wildman–Crippen LogP) is 2.11. The van der Waals surface area contributed by atoms with Crippen molar-refractivity contribution in [2.75, 3.05) is 38.3 Å². The molecule has 28 heavy (non-hydrogen) atoms. The number of aromatic nitrogens is 2. The van der Waals surface area contributed by atoms with Crippen molar-refractivity contribution in [1.82, 2.24) is 14.9 Å². The molecule has 148 valence electrons. The molecule has 0 atom stereocenters. The topological polar surface area (TPSA) is 70.6 Å². The van der Waals surface area contributed by atoms with E-state index in [1.165, 1.54) is 11.8 Å². The third kappa shape index (κ3) is 3.97. The molecule has 4 rings (SSSR count). The molecule has 1 aromatic carbocycles. The van der Waals surface area contributed by atoms with Crippen molar-refractivity contribution in [3.63, 3.8) is 0 Å². The molecule has 2 aromatic rings. The normalized spacial score (nSPS) is 18.3. The maximum atomic E-state index is 6.63. The van der Waals surface area contributed by atoms with E-state index in [4.69, 9.17) is 17.3 Å². The first kappa shape index (κ1) is 19.5. The Morgan fingerprint density at radius 3 is 2.68 bits per heavy atom. The zero-order chi connectivity index (χ0) is 19.7. The summed E-state index contributed by atoms with van der Waals surface area (Å²) in [6, 6.07) is 4.01. The molecule has 2 aliphatic rings. The fraction of sp³-hybridized carbons (Fsp3) is 0.450. The monoisotopic (exact) mass is 416 g/mol. The van der Waals surface area contributed by atoms with Gasteiger partial charge in [0.05, 0.1) is 22.8 Å². The number of hydrogen-bond acceptors (Lipinski definition) is 7. The lowest BCUT2D eigenvalue weighted by Crippen LogP contribution is -2.42. The second kappa shape index (κ2) is 7.89. The molecule has 3 heterocycles. The van der Waals surface area contributed by atoms with Gasteiger partial charge in [-0.05, 0) is 36.9 Å². The lowest BCUT2D eigenvalue weighted by molar-refractivity contribution is 0.258. The molecule has 0 spiro atoms. The van der Waals surface area contributed by atoms with Crippen LogP contribution in [0.25, 0.3) is 6.20 Å². The number of nitrogens with two attached hydrogens (primary N) is 1. The van der Waals surface area contributed by atoms with Crippen molar-refractivity contribution in [2.45, 2.75) is 29.7 Å². The molecule has 6 nitrogen and oxygen atoms in total. The van der Waals surface area contributed by atoms with Crippen LogP contribution in [-0.2, 0) is 0 Å². The molecule has 2 aliphatic heterocycles. The fourth-order valence-corrected chi connectivity index (χ4v) is 4.57. The van der Waals surface area contributed by atoms with E-state index in [1.54, 1.807) is 0 Å². The van der Waals surface area contributed by atoms with Crippen LogP contribution >= 0.6 is 23.4 Å². The largest absolute Gasteiger partial charge is 0.361 e. The van der Waals surface area contributed by atoms with Gasteiger partial charge in [-0.2, -0.15) is 0 Å². The van der Waals surface area contributed by atoms with Gasteiger partial charge in [-0.25, -0.2) is 9.97 Å². The van der Waals surface area contributed by atoms with Crippen molar-refractivity contribution in [2.24, 2.45) is 16.1 Å². The summed E-state index contributed by atoms with van der Waals surface area (Å²) in [6.07, 6.45) is 7.89. The Kier molecular flexibility index (Phi) is 5.49. The van der Waals surface area contributed by atoms with Gasteiger partial charge in [0.2, 0.25) is 0 Å². The summed E-state index contributed by atoms with van der Waals surface area (Å²) >= 11 is 8.16. The summed E-state index contributed by atoms with van der Waals surface area (Å²) in [5, 5.41) is 3.43. The van der Waals surface area contributed by atoms with Crippen LogP contribution in [0.5, 0.6) is 0 Å². The van der Waals surface area contributed by atoms with Gasteiger partial charge in [0.1, 0.15) is 17.5 Å². The van der Waals surface area contributed by atoms with Crippen molar-refractivity contribution in [3.8, 4) is 0 Å². The molecule has 8 heteroatoms. The first-order valence-electron chi connectivity index (χ1n) is 9.47. The van der Waals surface area contributed by atoms with Gasteiger partial charge in [0.15, 0.2) is 0 Å². The molecule has 1 saturated heterocycles. The SMILES string of the molecule is CN1C=c2c(Cl)c(Sc3cnc(N4CCC(C)(CN)CC4)cn3)ccc2=NC1. The van der Waals surface area contributed by atoms with Gasteiger partial charge < -0.3 is 15.5 Å². The van der Waals surface area contributed by atoms with Crippen molar-refractivity contribution in [1.29, 1.82) is 0 Å². The average molecular weight is 417 g/mol. The van der Waals surface area contributed by atoms with Crippen LogP contribution in [0.3, 0.4) is 0 Å². The molecule has 0 bridgehead atoms. The number of halogens is 1. The summed E-state index contributed by atoms with van der Waals surface area (Å²) in [5.41, 5.74) is 6.16. The molecule has 0 aliphatic carbocycles. The highest BCUT2D eigenvalue weighted by atomic mass is 35.5. The van der Waals surface area contributed by atoms with Crippen LogP contribution in [0.2, 0.25) is 5.02 Å². The summed E-state index contributed by atoms with van der Waals surface area (Å²) in [4.78, 5) is 19.0. The van der Waals surface area contributed by atoms with Gasteiger partial charge in [-0.15, -0.1) is 0 Å². The van der Waals surface area contributed by atoms with E-state index in [-0.39, 0.29) is 5.41 Å². The van der Waals surface area contributed by atoms with E-state index in [0.29, 0.717) is 11.7 Å². The minimum Gasteiger partial charge on any atom is -0.361 e.